The zero-order valence-electron chi connectivity index (χ0n) is 10.4. The fourth-order valence-electron chi connectivity index (χ4n) is 2.40. The molecule has 1 saturated heterocycles. The predicted octanol–water partition coefficient (Wildman–Crippen LogP) is 2.87. The molecule has 1 unspecified atom stereocenters. The molecule has 2 rings (SSSR count). The number of nitrogens with two attached hydrogens (primary N) is 1. The number of hydrogen-bond donors (Lipinski definition) is 1. The molecule has 1 aliphatic rings. The molecule has 1 heterocycles. The first-order chi connectivity index (χ1) is 8.09. The highest BCUT2D eigenvalue weighted by Gasteiger charge is 2.25. The number of nitrogens with zero attached hydrogens (tertiary/aromatic N) is 1. The minimum absolute atomic E-state index is 0. The highest BCUT2D eigenvalue weighted by molar-refractivity contribution is 5.85. The Kier molecular flexibility index (Phi) is 5.50. The van der Waals surface area contributed by atoms with E-state index in [-0.39, 0.29) is 30.1 Å². The van der Waals surface area contributed by atoms with Crippen LogP contribution in [0.25, 0.3) is 0 Å². The Hall–Kier alpha value is -0.710. The van der Waals surface area contributed by atoms with Crippen molar-refractivity contribution in [2.75, 3.05) is 13.1 Å². The van der Waals surface area contributed by atoms with Crippen LogP contribution in [0.3, 0.4) is 0 Å². The van der Waals surface area contributed by atoms with Gasteiger partial charge >= 0.3 is 0 Å². The monoisotopic (exact) mass is 276 g/mol. The van der Waals surface area contributed by atoms with Gasteiger partial charge in [0.1, 0.15) is 11.6 Å². The molecular formula is C13H19ClF2N2. The van der Waals surface area contributed by atoms with Crippen molar-refractivity contribution < 1.29 is 8.78 Å². The molecule has 1 aliphatic heterocycles. The van der Waals surface area contributed by atoms with Crippen LogP contribution in [0.5, 0.6) is 0 Å². The van der Waals surface area contributed by atoms with E-state index in [9.17, 15) is 8.78 Å². The van der Waals surface area contributed by atoms with E-state index in [0.29, 0.717) is 0 Å². The molecule has 0 saturated carbocycles. The fourth-order valence-corrected chi connectivity index (χ4v) is 2.40. The van der Waals surface area contributed by atoms with Crippen LogP contribution < -0.4 is 5.73 Å². The van der Waals surface area contributed by atoms with Gasteiger partial charge in [-0.2, -0.15) is 0 Å². The third-order valence-corrected chi connectivity index (χ3v) is 3.54. The van der Waals surface area contributed by atoms with Crippen LogP contribution in [0.1, 0.15) is 31.4 Å². The molecule has 0 radical (unpaired) electrons. The van der Waals surface area contributed by atoms with Gasteiger partial charge in [0.15, 0.2) is 0 Å². The molecular weight excluding hydrogens is 258 g/mol. The lowest BCUT2D eigenvalue weighted by molar-refractivity contribution is 0.158. The molecule has 0 aliphatic carbocycles. The molecule has 0 amide bonds. The summed E-state index contributed by atoms with van der Waals surface area (Å²) >= 11 is 0. The first-order valence-electron chi connectivity index (χ1n) is 6.03. The summed E-state index contributed by atoms with van der Waals surface area (Å²) in [6, 6.07) is 4.01. The van der Waals surface area contributed by atoms with Gasteiger partial charge in [0.05, 0.1) is 0 Å². The number of likely N-dealkylation sites (tertiary alicyclic amines) is 1. The van der Waals surface area contributed by atoms with Gasteiger partial charge in [0, 0.05) is 30.7 Å². The molecule has 0 bridgehead atoms. The van der Waals surface area contributed by atoms with E-state index in [1.54, 1.807) is 0 Å². The molecule has 2 N–H and O–H groups in total. The second-order valence-electron chi connectivity index (χ2n) is 4.68. The normalized spacial score (nSPS) is 19.3. The van der Waals surface area contributed by atoms with Gasteiger partial charge in [-0.05, 0) is 31.9 Å². The summed E-state index contributed by atoms with van der Waals surface area (Å²) in [5.41, 5.74) is 5.99. The van der Waals surface area contributed by atoms with Crippen molar-refractivity contribution in [3.63, 3.8) is 0 Å². The van der Waals surface area contributed by atoms with Gasteiger partial charge in [-0.25, -0.2) is 8.78 Å². The maximum Gasteiger partial charge on any atom is 0.130 e. The first-order valence-corrected chi connectivity index (χ1v) is 6.03. The van der Waals surface area contributed by atoms with E-state index < -0.39 is 11.6 Å². The van der Waals surface area contributed by atoms with Crippen molar-refractivity contribution in [1.29, 1.82) is 0 Å². The van der Waals surface area contributed by atoms with Crippen molar-refractivity contribution in [3.8, 4) is 0 Å². The highest BCUT2D eigenvalue weighted by atomic mass is 35.5. The molecule has 102 valence electrons. The Morgan fingerprint density at radius 3 is 2.22 bits per heavy atom. The lowest BCUT2D eigenvalue weighted by atomic mass is 10.00. The first kappa shape index (κ1) is 15.3. The largest absolute Gasteiger partial charge is 0.328 e. The molecule has 1 aromatic rings. The van der Waals surface area contributed by atoms with Crippen LogP contribution >= 0.6 is 12.4 Å². The molecule has 1 atom stereocenters. The summed E-state index contributed by atoms with van der Waals surface area (Å²) in [6.07, 6.45) is 1.78. The van der Waals surface area contributed by atoms with Crippen molar-refractivity contribution >= 4 is 12.4 Å². The van der Waals surface area contributed by atoms with E-state index in [2.05, 4.69) is 4.90 Å². The lowest BCUT2D eigenvalue weighted by Crippen LogP contribution is -2.41. The van der Waals surface area contributed by atoms with E-state index in [1.807, 2.05) is 6.92 Å². The topological polar surface area (TPSA) is 29.3 Å². The van der Waals surface area contributed by atoms with E-state index in [0.717, 1.165) is 25.9 Å². The Morgan fingerprint density at radius 1 is 1.22 bits per heavy atom. The zero-order chi connectivity index (χ0) is 12.4. The molecule has 0 aromatic heterocycles. The maximum absolute atomic E-state index is 13.6. The Morgan fingerprint density at radius 2 is 1.72 bits per heavy atom. The van der Waals surface area contributed by atoms with Crippen molar-refractivity contribution in [2.45, 2.75) is 31.8 Å². The minimum atomic E-state index is -0.465. The summed E-state index contributed by atoms with van der Waals surface area (Å²) in [5.74, 6) is -0.931. The van der Waals surface area contributed by atoms with Crippen LogP contribution in [0.15, 0.2) is 18.2 Å². The lowest BCUT2D eigenvalue weighted by Gasteiger charge is -2.35. The number of piperidine rings is 1. The predicted molar refractivity (Wildman–Crippen MR) is 70.8 cm³/mol. The van der Waals surface area contributed by atoms with Crippen LogP contribution in [0.2, 0.25) is 0 Å². The molecule has 0 spiro atoms. The average molecular weight is 277 g/mol. The third kappa shape index (κ3) is 3.19. The van der Waals surface area contributed by atoms with Crippen LogP contribution in [-0.2, 0) is 0 Å². The SMILES string of the molecule is CC(c1c(F)cccc1F)N1CCC(N)CC1.Cl. The van der Waals surface area contributed by atoms with Crippen molar-refractivity contribution in [1.82, 2.24) is 4.90 Å². The summed E-state index contributed by atoms with van der Waals surface area (Å²) < 4.78 is 27.3. The molecule has 18 heavy (non-hydrogen) atoms. The van der Waals surface area contributed by atoms with Crippen molar-refractivity contribution in [2.24, 2.45) is 5.73 Å². The smallest absolute Gasteiger partial charge is 0.130 e. The third-order valence-electron chi connectivity index (χ3n) is 3.54. The molecule has 1 aromatic carbocycles. The number of rotatable bonds is 2. The molecule has 1 fully saturated rings. The average Bonchev–Trinajstić information content (AvgIpc) is 2.29. The summed E-state index contributed by atoms with van der Waals surface area (Å²) in [7, 11) is 0. The fraction of sp³-hybridized carbons (Fsp3) is 0.538. The van der Waals surface area contributed by atoms with Gasteiger partial charge in [-0.1, -0.05) is 6.07 Å². The summed E-state index contributed by atoms with van der Waals surface area (Å²) in [6.45, 7) is 3.45. The number of benzene rings is 1. The minimum Gasteiger partial charge on any atom is -0.328 e. The second kappa shape index (κ2) is 6.45. The second-order valence-corrected chi connectivity index (χ2v) is 4.68. The summed E-state index contributed by atoms with van der Waals surface area (Å²) in [4.78, 5) is 2.09. The van der Waals surface area contributed by atoms with Gasteiger partial charge in [0.25, 0.3) is 0 Å². The van der Waals surface area contributed by atoms with E-state index in [1.165, 1.54) is 18.2 Å². The van der Waals surface area contributed by atoms with Crippen LogP contribution in [0, 0.1) is 11.6 Å². The van der Waals surface area contributed by atoms with E-state index >= 15 is 0 Å². The number of halogens is 3. The van der Waals surface area contributed by atoms with Gasteiger partial charge in [-0.15, -0.1) is 12.4 Å². The molecule has 5 heteroatoms. The van der Waals surface area contributed by atoms with Crippen LogP contribution in [-0.4, -0.2) is 24.0 Å². The standard InChI is InChI=1S/C13H18F2N2.ClH/c1-9(17-7-5-10(16)6-8-17)13-11(14)3-2-4-12(13)15;/h2-4,9-10H,5-8,16H2,1H3;1H. The van der Waals surface area contributed by atoms with E-state index in [4.69, 9.17) is 5.73 Å². The van der Waals surface area contributed by atoms with Gasteiger partial charge < -0.3 is 5.73 Å². The van der Waals surface area contributed by atoms with Crippen LogP contribution in [0.4, 0.5) is 8.78 Å². The quantitative estimate of drug-likeness (QED) is 0.900. The highest BCUT2D eigenvalue weighted by Crippen LogP contribution is 2.27. The zero-order valence-corrected chi connectivity index (χ0v) is 11.2. The Labute approximate surface area is 113 Å². The maximum atomic E-state index is 13.6. The molecule has 2 nitrogen and oxygen atoms in total. The van der Waals surface area contributed by atoms with Gasteiger partial charge in [-0.3, -0.25) is 4.90 Å². The number of hydrogen-bond acceptors (Lipinski definition) is 2. The van der Waals surface area contributed by atoms with Crippen molar-refractivity contribution in [3.05, 3.63) is 35.4 Å². The van der Waals surface area contributed by atoms with Gasteiger partial charge in [0.2, 0.25) is 0 Å². The summed E-state index contributed by atoms with van der Waals surface area (Å²) in [5, 5.41) is 0. The Bertz CT molecular complexity index is 372. The Balaban J connectivity index is 0.00000162.